The highest BCUT2D eigenvalue weighted by molar-refractivity contribution is 6.00. The van der Waals surface area contributed by atoms with E-state index in [0.29, 0.717) is 12.8 Å². The standard InChI is InChI=1S/C8H14N2O2/c1-5(2)10-7(11)4-3-6(9)8(10)12/h5-6H,3-4,9H2,1-2H3. The average molecular weight is 170 g/mol. The van der Waals surface area contributed by atoms with Crippen LogP contribution in [0, 0.1) is 0 Å². The van der Waals surface area contributed by atoms with Gasteiger partial charge in [0.2, 0.25) is 11.8 Å². The number of carbonyl (C=O) groups excluding carboxylic acids is 2. The smallest absolute Gasteiger partial charge is 0.246 e. The van der Waals surface area contributed by atoms with Gasteiger partial charge in [0.1, 0.15) is 0 Å². The van der Waals surface area contributed by atoms with Crippen LogP contribution in [-0.2, 0) is 9.59 Å². The number of imide groups is 1. The summed E-state index contributed by atoms with van der Waals surface area (Å²) in [6.07, 6.45) is 0.881. The Balaban J connectivity index is 2.79. The zero-order valence-corrected chi connectivity index (χ0v) is 7.41. The van der Waals surface area contributed by atoms with Gasteiger partial charge in [-0.15, -0.1) is 0 Å². The Labute approximate surface area is 71.7 Å². The number of nitrogens with zero attached hydrogens (tertiary/aromatic N) is 1. The molecule has 1 saturated heterocycles. The minimum atomic E-state index is -0.481. The molecule has 0 bridgehead atoms. The molecule has 1 rings (SSSR count). The number of piperidine rings is 1. The summed E-state index contributed by atoms with van der Waals surface area (Å²) in [4.78, 5) is 23.9. The lowest BCUT2D eigenvalue weighted by molar-refractivity contribution is -0.151. The van der Waals surface area contributed by atoms with Crippen LogP contribution in [0.15, 0.2) is 0 Å². The van der Waals surface area contributed by atoms with Crippen LogP contribution in [0.5, 0.6) is 0 Å². The highest BCUT2D eigenvalue weighted by Crippen LogP contribution is 2.14. The second-order valence-corrected chi connectivity index (χ2v) is 3.34. The van der Waals surface area contributed by atoms with E-state index in [1.54, 1.807) is 0 Å². The molecule has 0 aromatic rings. The Hall–Kier alpha value is -0.900. The zero-order chi connectivity index (χ0) is 9.30. The van der Waals surface area contributed by atoms with Crippen LogP contribution in [-0.4, -0.2) is 28.8 Å². The van der Waals surface area contributed by atoms with Crippen molar-refractivity contribution in [3.8, 4) is 0 Å². The molecule has 1 aliphatic rings. The molecule has 0 aromatic carbocycles. The van der Waals surface area contributed by atoms with E-state index in [1.807, 2.05) is 13.8 Å². The molecule has 1 heterocycles. The van der Waals surface area contributed by atoms with Gasteiger partial charge in [-0.3, -0.25) is 14.5 Å². The van der Waals surface area contributed by atoms with Gasteiger partial charge in [-0.2, -0.15) is 0 Å². The summed E-state index contributed by atoms with van der Waals surface area (Å²) in [6, 6.07) is -0.554. The number of amides is 2. The Morgan fingerprint density at radius 3 is 2.50 bits per heavy atom. The maximum atomic E-state index is 11.4. The summed E-state index contributed by atoms with van der Waals surface area (Å²) < 4.78 is 0. The second-order valence-electron chi connectivity index (χ2n) is 3.34. The van der Waals surface area contributed by atoms with Crippen molar-refractivity contribution >= 4 is 11.8 Å². The second kappa shape index (κ2) is 3.23. The van der Waals surface area contributed by atoms with Crippen LogP contribution in [0.3, 0.4) is 0 Å². The van der Waals surface area contributed by atoms with Crippen molar-refractivity contribution in [3.63, 3.8) is 0 Å². The fourth-order valence-electron chi connectivity index (χ4n) is 1.37. The predicted octanol–water partition coefficient (Wildman–Crippen LogP) is -0.129. The van der Waals surface area contributed by atoms with E-state index in [0.717, 1.165) is 0 Å². The van der Waals surface area contributed by atoms with Gasteiger partial charge in [-0.05, 0) is 20.3 Å². The van der Waals surface area contributed by atoms with Crippen molar-refractivity contribution < 1.29 is 9.59 Å². The van der Waals surface area contributed by atoms with Crippen LogP contribution in [0.25, 0.3) is 0 Å². The van der Waals surface area contributed by atoms with Gasteiger partial charge in [0.05, 0.1) is 6.04 Å². The molecule has 2 amide bonds. The summed E-state index contributed by atoms with van der Waals surface area (Å²) in [6.45, 7) is 3.63. The first-order valence-corrected chi connectivity index (χ1v) is 4.15. The lowest BCUT2D eigenvalue weighted by atomic mass is 10.0. The van der Waals surface area contributed by atoms with Gasteiger partial charge >= 0.3 is 0 Å². The fourth-order valence-corrected chi connectivity index (χ4v) is 1.37. The normalized spacial score (nSPS) is 25.3. The van der Waals surface area contributed by atoms with E-state index in [2.05, 4.69) is 0 Å². The lowest BCUT2D eigenvalue weighted by Gasteiger charge is -2.31. The van der Waals surface area contributed by atoms with E-state index < -0.39 is 6.04 Å². The third kappa shape index (κ3) is 1.48. The Morgan fingerprint density at radius 2 is 2.08 bits per heavy atom. The molecule has 1 fully saturated rings. The third-order valence-electron chi connectivity index (χ3n) is 2.01. The minimum Gasteiger partial charge on any atom is -0.320 e. The number of rotatable bonds is 1. The molecule has 4 nitrogen and oxygen atoms in total. The molecular formula is C8H14N2O2. The van der Waals surface area contributed by atoms with E-state index in [9.17, 15) is 9.59 Å². The molecule has 1 aliphatic heterocycles. The first-order valence-electron chi connectivity index (χ1n) is 4.15. The van der Waals surface area contributed by atoms with Crippen LogP contribution in [0.4, 0.5) is 0 Å². The topological polar surface area (TPSA) is 63.4 Å². The van der Waals surface area contributed by atoms with Crippen molar-refractivity contribution in [3.05, 3.63) is 0 Å². The zero-order valence-electron chi connectivity index (χ0n) is 7.41. The molecule has 0 aliphatic carbocycles. The quantitative estimate of drug-likeness (QED) is 0.557. The van der Waals surface area contributed by atoms with Gasteiger partial charge in [0.25, 0.3) is 0 Å². The molecule has 4 heteroatoms. The molecule has 0 saturated carbocycles. The average Bonchev–Trinajstić information content (AvgIpc) is 1.97. The first-order chi connectivity index (χ1) is 5.54. The predicted molar refractivity (Wildman–Crippen MR) is 44.2 cm³/mol. The number of nitrogens with two attached hydrogens (primary N) is 1. The Bertz CT molecular complexity index is 213. The molecule has 2 N–H and O–H groups in total. The van der Waals surface area contributed by atoms with Crippen molar-refractivity contribution in [2.75, 3.05) is 0 Å². The maximum absolute atomic E-state index is 11.4. The molecule has 0 spiro atoms. The summed E-state index contributed by atoms with van der Waals surface area (Å²) >= 11 is 0. The highest BCUT2D eigenvalue weighted by Gasteiger charge is 2.33. The highest BCUT2D eigenvalue weighted by atomic mass is 16.2. The Morgan fingerprint density at radius 1 is 1.50 bits per heavy atom. The van der Waals surface area contributed by atoms with Crippen LogP contribution in [0.2, 0.25) is 0 Å². The number of likely N-dealkylation sites (tertiary alicyclic amines) is 1. The number of hydrogen-bond acceptors (Lipinski definition) is 3. The van der Waals surface area contributed by atoms with Crippen molar-refractivity contribution in [2.45, 2.75) is 38.8 Å². The lowest BCUT2D eigenvalue weighted by Crippen LogP contribution is -2.53. The van der Waals surface area contributed by atoms with E-state index >= 15 is 0 Å². The molecule has 0 radical (unpaired) electrons. The number of carbonyl (C=O) groups is 2. The minimum absolute atomic E-state index is 0.0728. The number of hydrogen-bond donors (Lipinski definition) is 1. The third-order valence-corrected chi connectivity index (χ3v) is 2.01. The van der Waals surface area contributed by atoms with E-state index in [-0.39, 0.29) is 17.9 Å². The van der Waals surface area contributed by atoms with Crippen LogP contribution < -0.4 is 5.73 Å². The summed E-state index contributed by atoms with van der Waals surface area (Å²) in [7, 11) is 0. The van der Waals surface area contributed by atoms with Gasteiger partial charge in [-0.25, -0.2) is 0 Å². The fraction of sp³-hybridized carbons (Fsp3) is 0.750. The SMILES string of the molecule is CC(C)N1C(=O)CCC(N)C1=O. The van der Waals surface area contributed by atoms with Crippen LogP contribution in [0.1, 0.15) is 26.7 Å². The summed E-state index contributed by atoms with van der Waals surface area (Å²) in [5.74, 6) is -0.335. The van der Waals surface area contributed by atoms with Gasteiger partial charge in [0.15, 0.2) is 0 Å². The monoisotopic (exact) mass is 170 g/mol. The largest absolute Gasteiger partial charge is 0.320 e. The van der Waals surface area contributed by atoms with Gasteiger partial charge < -0.3 is 5.73 Å². The van der Waals surface area contributed by atoms with Crippen molar-refractivity contribution in [1.82, 2.24) is 4.90 Å². The van der Waals surface area contributed by atoms with Crippen LogP contribution >= 0.6 is 0 Å². The molecule has 12 heavy (non-hydrogen) atoms. The van der Waals surface area contributed by atoms with E-state index in [4.69, 9.17) is 5.73 Å². The Kier molecular flexibility index (Phi) is 2.47. The maximum Gasteiger partial charge on any atom is 0.246 e. The van der Waals surface area contributed by atoms with Crippen molar-refractivity contribution in [1.29, 1.82) is 0 Å². The molecule has 68 valence electrons. The first kappa shape index (κ1) is 9.19. The van der Waals surface area contributed by atoms with Gasteiger partial charge in [0, 0.05) is 12.5 Å². The summed E-state index contributed by atoms with van der Waals surface area (Å²) in [5, 5.41) is 0. The molecule has 1 atom stereocenters. The molecule has 0 aromatic heterocycles. The molecular weight excluding hydrogens is 156 g/mol. The van der Waals surface area contributed by atoms with Gasteiger partial charge in [-0.1, -0.05) is 0 Å². The molecule has 1 unspecified atom stereocenters. The van der Waals surface area contributed by atoms with Crippen molar-refractivity contribution in [2.24, 2.45) is 5.73 Å². The summed E-state index contributed by atoms with van der Waals surface area (Å²) in [5.41, 5.74) is 5.53. The van der Waals surface area contributed by atoms with E-state index in [1.165, 1.54) is 4.90 Å².